The summed E-state index contributed by atoms with van der Waals surface area (Å²) in [5.74, 6) is -4.57. The van der Waals surface area contributed by atoms with Gasteiger partial charge in [0.15, 0.2) is 5.82 Å². The summed E-state index contributed by atoms with van der Waals surface area (Å²) >= 11 is 0. The second kappa shape index (κ2) is 8.32. The van der Waals surface area contributed by atoms with E-state index in [1.165, 1.54) is 23.3 Å². The number of anilines is 1. The third kappa shape index (κ3) is 3.95. The molecule has 4 rings (SSSR count). The van der Waals surface area contributed by atoms with Crippen LogP contribution in [0, 0.1) is 30.3 Å². The normalized spacial score (nSPS) is 11.6. The number of hydrogen-bond acceptors (Lipinski definition) is 4. The number of benzene rings is 2. The predicted octanol–water partition coefficient (Wildman–Crippen LogP) is 4.69. The molecule has 11 heteroatoms. The van der Waals surface area contributed by atoms with E-state index in [9.17, 15) is 21.6 Å². The van der Waals surface area contributed by atoms with Crippen LogP contribution in [0.4, 0.5) is 23.2 Å². The van der Waals surface area contributed by atoms with E-state index < -0.39 is 49.4 Å². The smallest absolute Gasteiger partial charge is 0.267 e. The van der Waals surface area contributed by atoms with Gasteiger partial charge in [0.05, 0.1) is 18.3 Å². The van der Waals surface area contributed by atoms with Crippen LogP contribution >= 0.6 is 0 Å². The molecular weight excluding hydrogens is 460 g/mol. The van der Waals surface area contributed by atoms with Crippen LogP contribution in [0.5, 0.6) is 0 Å². The number of pyridine rings is 1. The zero-order chi connectivity index (χ0) is 23.9. The molecule has 2 heterocycles. The fourth-order valence-corrected chi connectivity index (χ4v) is 4.50. The van der Waals surface area contributed by atoms with E-state index in [1.807, 2.05) is 0 Å². The molecule has 169 valence electrons. The molecule has 33 heavy (non-hydrogen) atoms. The third-order valence-corrected chi connectivity index (χ3v) is 6.50. The summed E-state index contributed by atoms with van der Waals surface area (Å²) in [5, 5.41) is 4.14. The molecule has 1 radical (unpaired) electrons. The lowest BCUT2D eigenvalue weighted by atomic mass is 10.0. The molecule has 0 amide bonds. The lowest BCUT2D eigenvalue weighted by Crippen LogP contribution is -2.26. The van der Waals surface area contributed by atoms with E-state index >= 15 is 4.39 Å². The number of hydrogen-bond donors (Lipinski definition) is 0. The Morgan fingerprint density at radius 2 is 1.64 bits per heavy atom. The fourth-order valence-electron chi connectivity index (χ4n) is 3.29. The van der Waals surface area contributed by atoms with Gasteiger partial charge in [-0.15, -0.1) is 0 Å². The summed E-state index contributed by atoms with van der Waals surface area (Å²) in [6.45, 7) is 0. The Morgan fingerprint density at radius 1 is 0.970 bits per heavy atom. The van der Waals surface area contributed by atoms with Gasteiger partial charge in [-0.3, -0.25) is 14.0 Å². The molecule has 0 fully saturated rings. The van der Waals surface area contributed by atoms with E-state index in [0.29, 0.717) is 23.3 Å². The molecule has 2 aromatic carbocycles. The lowest BCUT2D eigenvalue weighted by Gasteiger charge is -2.21. The summed E-state index contributed by atoms with van der Waals surface area (Å²) in [4.78, 5) is 2.86. The Hall–Kier alpha value is -3.73. The average Bonchev–Trinajstić information content (AvgIpc) is 3.16. The third-order valence-electron chi connectivity index (χ3n) is 4.86. The van der Waals surface area contributed by atoms with Crippen LogP contribution in [0.25, 0.3) is 22.4 Å². The van der Waals surface area contributed by atoms with Gasteiger partial charge < -0.3 is 0 Å². The van der Waals surface area contributed by atoms with Gasteiger partial charge in [-0.1, -0.05) is 0 Å². The van der Waals surface area contributed by atoms with Gasteiger partial charge in [0.1, 0.15) is 28.0 Å². The Labute approximate surface area is 186 Å². The van der Waals surface area contributed by atoms with E-state index in [4.69, 9.17) is 0 Å². The highest BCUT2D eigenvalue weighted by molar-refractivity contribution is 7.92. The summed E-state index contributed by atoms with van der Waals surface area (Å²) in [7, 11) is 0.0267. The first-order chi connectivity index (χ1) is 15.6. The zero-order valence-electron chi connectivity index (χ0n) is 17.0. The van der Waals surface area contributed by atoms with Crippen molar-refractivity contribution in [3.8, 4) is 22.4 Å². The number of aryl methyl sites for hydroxylation is 1. The van der Waals surface area contributed by atoms with Crippen LogP contribution in [0.1, 0.15) is 0 Å². The second-order valence-electron chi connectivity index (χ2n) is 6.98. The average molecular weight is 475 g/mol. The Kier molecular flexibility index (Phi) is 5.66. The minimum absolute atomic E-state index is 0.0942. The highest BCUT2D eigenvalue weighted by atomic mass is 32.2. The number of halogens is 4. The maximum Gasteiger partial charge on any atom is 0.267 e. The number of sulfonamides is 1. The maximum atomic E-state index is 15.6. The van der Waals surface area contributed by atoms with Crippen molar-refractivity contribution in [3.05, 3.63) is 91.4 Å². The number of rotatable bonds is 5. The molecular formula is C22H15F4N4O2S. The predicted molar refractivity (Wildman–Crippen MR) is 113 cm³/mol. The molecule has 6 nitrogen and oxygen atoms in total. The number of aromatic nitrogens is 3. The van der Waals surface area contributed by atoms with E-state index in [0.717, 1.165) is 18.2 Å². The summed E-state index contributed by atoms with van der Waals surface area (Å²) in [6, 6.07) is 6.72. The molecule has 0 saturated carbocycles. The van der Waals surface area contributed by atoms with Crippen LogP contribution in [-0.2, 0) is 17.1 Å². The van der Waals surface area contributed by atoms with Gasteiger partial charge in [0, 0.05) is 31.2 Å². The molecule has 0 N–H and O–H groups in total. The monoisotopic (exact) mass is 475 g/mol. The minimum Gasteiger partial charge on any atom is -0.275 e. The van der Waals surface area contributed by atoms with E-state index in [1.54, 1.807) is 19.2 Å². The highest BCUT2D eigenvalue weighted by Crippen LogP contribution is 2.38. The minimum atomic E-state index is -4.83. The topological polar surface area (TPSA) is 68.1 Å². The quantitative estimate of drug-likeness (QED) is 0.393. The fraction of sp³-hybridized carbons (Fsp3) is 0.0455. The molecule has 0 atom stereocenters. The SMILES string of the molecule is [CH2]N(c1ccc(F)c(-c2nn(C)cc2-c2ccncc2)c1F)S(=O)(=O)c1cc(F)ccc1F. The van der Waals surface area contributed by atoms with Gasteiger partial charge in [0.2, 0.25) is 0 Å². The maximum absolute atomic E-state index is 15.6. The molecule has 0 spiro atoms. The lowest BCUT2D eigenvalue weighted by molar-refractivity contribution is 0.551. The second-order valence-corrected chi connectivity index (χ2v) is 8.82. The van der Waals surface area contributed by atoms with Crippen LogP contribution in [0.15, 0.2) is 66.0 Å². The van der Waals surface area contributed by atoms with Gasteiger partial charge >= 0.3 is 0 Å². The standard InChI is InChI=1S/C22H15F4N4O2S/c1-29-12-15(13-7-9-27-10-8-13)22(28-29)20-17(25)5-6-18(21(20)26)30(2)33(31,32)19-11-14(23)3-4-16(19)24/h3-12H,2H2,1H3. The number of nitrogens with zero attached hydrogens (tertiary/aromatic N) is 4. The zero-order valence-corrected chi connectivity index (χ0v) is 17.8. The van der Waals surface area contributed by atoms with Crippen molar-refractivity contribution < 1.29 is 26.0 Å². The molecule has 0 bridgehead atoms. The van der Waals surface area contributed by atoms with Crippen molar-refractivity contribution in [2.45, 2.75) is 4.90 Å². The Bertz CT molecular complexity index is 1460. The van der Waals surface area contributed by atoms with Gasteiger partial charge in [-0.2, -0.15) is 5.10 Å². The van der Waals surface area contributed by atoms with Crippen LogP contribution in [-0.4, -0.2) is 23.2 Å². The van der Waals surface area contributed by atoms with Crippen molar-refractivity contribution in [2.24, 2.45) is 7.05 Å². The van der Waals surface area contributed by atoms with Crippen LogP contribution in [0.2, 0.25) is 0 Å². The molecule has 2 aromatic heterocycles. The van der Waals surface area contributed by atoms with Crippen molar-refractivity contribution in [1.29, 1.82) is 0 Å². The molecule has 0 unspecified atom stereocenters. The van der Waals surface area contributed by atoms with Crippen molar-refractivity contribution in [3.63, 3.8) is 0 Å². The van der Waals surface area contributed by atoms with Gasteiger partial charge in [-0.05, 0) is 48.0 Å². The first kappa shape index (κ1) is 22.5. The first-order valence-corrected chi connectivity index (χ1v) is 10.8. The highest BCUT2D eigenvalue weighted by Gasteiger charge is 2.30. The summed E-state index contributed by atoms with van der Waals surface area (Å²) in [6.07, 6.45) is 4.52. The summed E-state index contributed by atoms with van der Waals surface area (Å²) in [5.41, 5.74) is -0.448. The summed E-state index contributed by atoms with van der Waals surface area (Å²) < 4.78 is 85.3. The van der Waals surface area contributed by atoms with Crippen molar-refractivity contribution in [1.82, 2.24) is 14.8 Å². The van der Waals surface area contributed by atoms with Crippen LogP contribution in [0.3, 0.4) is 0 Å². The largest absolute Gasteiger partial charge is 0.275 e. The first-order valence-electron chi connectivity index (χ1n) is 9.34. The van der Waals surface area contributed by atoms with Crippen molar-refractivity contribution in [2.75, 3.05) is 4.31 Å². The van der Waals surface area contributed by atoms with Gasteiger partial charge in [0.25, 0.3) is 10.0 Å². The van der Waals surface area contributed by atoms with Crippen molar-refractivity contribution >= 4 is 15.7 Å². The molecule has 0 saturated heterocycles. The molecule has 0 aliphatic rings. The van der Waals surface area contributed by atoms with E-state index in [2.05, 4.69) is 17.1 Å². The van der Waals surface area contributed by atoms with Crippen LogP contribution < -0.4 is 4.31 Å². The molecule has 0 aliphatic heterocycles. The van der Waals surface area contributed by atoms with E-state index in [-0.39, 0.29) is 10.00 Å². The molecule has 4 aromatic rings. The Morgan fingerprint density at radius 3 is 2.33 bits per heavy atom. The Balaban J connectivity index is 1.88. The molecule has 0 aliphatic carbocycles. The van der Waals surface area contributed by atoms with Gasteiger partial charge in [-0.25, -0.2) is 26.0 Å².